The molecule has 0 aliphatic heterocycles. The van der Waals surface area contributed by atoms with Crippen LogP contribution < -0.4 is 0 Å². The van der Waals surface area contributed by atoms with Crippen LogP contribution >= 0.6 is 23.1 Å². The van der Waals surface area contributed by atoms with Crippen LogP contribution in [-0.2, 0) is 5.75 Å². The molecule has 16 heavy (non-hydrogen) atoms. The topological polar surface area (TPSA) is 57.5 Å². The van der Waals surface area contributed by atoms with Crippen molar-refractivity contribution in [2.24, 2.45) is 0 Å². The Balaban J connectivity index is 2.57. The minimum Gasteiger partial charge on any atom is -0.477 e. The number of rotatable bonds is 6. The summed E-state index contributed by atoms with van der Waals surface area (Å²) in [4.78, 5) is 12.3. The highest BCUT2D eigenvalue weighted by Gasteiger charge is 2.12. The monoisotopic (exact) mass is 260 g/mol. The summed E-state index contributed by atoms with van der Waals surface area (Å²) in [5.74, 6) is -0.0377. The number of aliphatic hydroxyl groups is 1. The van der Waals surface area contributed by atoms with Crippen LogP contribution in [0.1, 0.15) is 33.5 Å². The van der Waals surface area contributed by atoms with E-state index in [9.17, 15) is 4.79 Å². The van der Waals surface area contributed by atoms with E-state index in [1.807, 2.05) is 6.92 Å². The van der Waals surface area contributed by atoms with Crippen molar-refractivity contribution in [1.29, 1.82) is 0 Å². The number of carboxylic acids is 1. The lowest BCUT2D eigenvalue weighted by atomic mass is 10.3. The van der Waals surface area contributed by atoms with Crippen LogP contribution in [0.5, 0.6) is 0 Å². The Hall–Kier alpha value is -0.520. The molecular formula is C11H16O3S2. The van der Waals surface area contributed by atoms with Gasteiger partial charge in [0.2, 0.25) is 0 Å². The van der Waals surface area contributed by atoms with Crippen LogP contribution in [0.4, 0.5) is 0 Å². The summed E-state index contributed by atoms with van der Waals surface area (Å²) in [5.41, 5.74) is 1.09. The molecule has 0 saturated heterocycles. The van der Waals surface area contributed by atoms with E-state index in [2.05, 4.69) is 6.92 Å². The molecule has 5 heteroatoms. The maximum absolute atomic E-state index is 10.8. The predicted molar refractivity (Wildman–Crippen MR) is 68.5 cm³/mol. The van der Waals surface area contributed by atoms with E-state index in [1.54, 1.807) is 17.8 Å². The highest BCUT2D eigenvalue weighted by atomic mass is 32.2. The second-order valence-electron chi connectivity index (χ2n) is 3.63. The van der Waals surface area contributed by atoms with Crippen molar-refractivity contribution in [1.82, 2.24) is 0 Å². The molecule has 1 aromatic rings. The Labute approximate surface area is 103 Å². The summed E-state index contributed by atoms with van der Waals surface area (Å²) in [7, 11) is 0. The summed E-state index contributed by atoms with van der Waals surface area (Å²) < 4.78 is 0. The Morgan fingerprint density at radius 1 is 1.62 bits per heavy atom. The summed E-state index contributed by atoms with van der Waals surface area (Å²) in [5, 5.41) is 18.0. The smallest absolute Gasteiger partial charge is 0.345 e. The number of carbonyl (C=O) groups is 1. The third kappa shape index (κ3) is 3.81. The van der Waals surface area contributed by atoms with Gasteiger partial charge in [0.25, 0.3) is 0 Å². The first-order valence-corrected chi connectivity index (χ1v) is 6.96. The molecule has 0 spiro atoms. The maximum Gasteiger partial charge on any atom is 0.345 e. The molecular weight excluding hydrogens is 244 g/mol. The molecule has 0 aliphatic rings. The maximum atomic E-state index is 10.8. The number of aliphatic hydroxyl groups excluding tert-OH is 1. The zero-order chi connectivity index (χ0) is 12.1. The van der Waals surface area contributed by atoms with Crippen molar-refractivity contribution < 1.29 is 15.0 Å². The van der Waals surface area contributed by atoms with Crippen LogP contribution in [-0.4, -0.2) is 28.0 Å². The molecule has 0 aromatic carbocycles. The zero-order valence-corrected chi connectivity index (χ0v) is 11.0. The van der Waals surface area contributed by atoms with E-state index >= 15 is 0 Å². The SMILES string of the molecule is Cc1sc(C(=O)O)cc1CSC(C)CCO. The van der Waals surface area contributed by atoms with Crippen molar-refractivity contribution in [3.05, 3.63) is 21.4 Å². The third-order valence-corrected chi connectivity index (χ3v) is 4.65. The number of thiophene rings is 1. The Bertz CT molecular complexity index is 360. The Morgan fingerprint density at radius 2 is 2.31 bits per heavy atom. The van der Waals surface area contributed by atoms with Crippen molar-refractivity contribution in [2.45, 2.75) is 31.3 Å². The lowest BCUT2D eigenvalue weighted by molar-refractivity contribution is 0.0702. The van der Waals surface area contributed by atoms with Gasteiger partial charge in [0.15, 0.2) is 0 Å². The van der Waals surface area contributed by atoms with Crippen LogP contribution in [0.2, 0.25) is 0 Å². The lowest BCUT2D eigenvalue weighted by Crippen LogP contribution is -1.99. The number of carboxylic acid groups (broad SMARTS) is 1. The molecule has 1 aromatic heterocycles. The minimum atomic E-state index is -0.854. The van der Waals surface area contributed by atoms with Gasteiger partial charge in [-0.05, 0) is 25.0 Å². The van der Waals surface area contributed by atoms with Crippen molar-refractivity contribution in [3.8, 4) is 0 Å². The first-order valence-electron chi connectivity index (χ1n) is 5.09. The largest absolute Gasteiger partial charge is 0.477 e. The fraction of sp³-hybridized carbons (Fsp3) is 0.545. The first kappa shape index (κ1) is 13.5. The average Bonchev–Trinajstić information content (AvgIpc) is 2.58. The molecule has 0 fully saturated rings. The summed E-state index contributed by atoms with van der Waals surface area (Å²) in [6.45, 7) is 4.22. The summed E-state index contributed by atoms with van der Waals surface area (Å²) >= 11 is 3.07. The fourth-order valence-electron chi connectivity index (χ4n) is 1.27. The van der Waals surface area contributed by atoms with Gasteiger partial charge in [0, 0.05) is 22.5 Å². The van der Waals surface area contributed by atoms with Crippen molar-refractivity contribution >= 4 is 29.1 Å². The molecule has 1 heterocycles. The quantitative estimate of drug-likeness (QED) is 0.825. The highest BCUT2D eigenvalue weighted by Crippen LogP contribution is 2.27. The number of aryl methyl sites for hydroxylation is 1. The van der Waals surface area contributed by atoms with E-state index in [4.69, 9.17) is 10.2 Å². The molecule has 3 nitrogen and oxygen atoms in total. The van der Waals surface area contributed by atoms with E-state index in [-0.39, 0.29) is 6.61 Å². The summed E-state index contributed by atoms with van der Waals surface area (Å²) in [6.07, 6.45) is 0.777. The van der Waals surface area contributed by atoms with Gasteiger partial charge >= 0.3 is 5.97 Å². The number of hydrogen-bond donors (Lipinski definition) is 2. The van der Waals surface area contributed by atoms with Gasteiger partial charge < -0.3 is 10.2 Å². The molecule has 0 radical (unpaired) electrons. The minimum absolute atomic E-state index is 0.206. The van der Waals surface area contributed by atoms with Crippen molar-refractivity contribution in [3.63, 3.8) is 0 Å². The Morgan fingerprint density at radius 3 is 2.81 bits per heavy atom. The van der Waals surface area contributed by atoms with Gasteiger partial charge in [-0.2, -0.15) is 11.8 Å². The molecule has 0 amide bonds. The van der Waals surface area contributed by atoms with Gasteiger partial charge in [0.05, 0.1) is 0 Å². The van der Waals surface area contributed by atoms with E-state index < -0.39 is 5.97 Å². The molecule has 0 bridgehead atoms. The molecule has 1 unspecified atom stereocenters. The highest BCUT2D eigenvalue weighted by molar-refractivity contribution is 7.99. The van der Waals surface area contributed by atoms with E-state index in [0.29, 0.717) is 10.1 Å². The number of hydrogen-bond acceptors (Lipinski definition) is 4. The summed E-state index contributed by atoms with van der Waals surface area (Å²) in [6, 6.07) is 1.75. The fourth-order valence-corrected chi connectivity index (χ4v) is 3.27. The average molecular weight is 260 g/mol. The van der Waals surface area contributed by atoms with Crippen LogP contribution in [0, 0.1) is 6.92 Å². The molecule has 1 atom stereocenters. The molecule has 2 N–H and O–H groups in total. The molecule has 1 rings (SSSR count). The number of aromatic carboxylic acids is 1. The normalized spacial score (nSPS) is 12.7. The Kier molecular flexibility index (Phi) is 5.31. The van der Waals surface area contributed by atoms with Gasteiger partial charge in [0.1, 0.15) is 4.88 Å². The first-order chi connectivity index (χ1) is 7.54. The van der Waals surface area contributed by atoms with E-state index in [1.165, 1.54) is 11.3 Å². The third-order valence-electron chi connectivity index (χ3n) is 2.29. The lowest BCUT2D eigenvalue weighted by Gasteiger charge is -2.08. The molecule has 0 aliphatic carbocycles. The van der Waals surface area contributed by atoms with Gasteiger partial charge in [-0.15, -0.1) is 11.3 Å². The predicted octanol–water partition coefficient (Wildman–Crippen LogP) is 2.76. The van der Waals surface area contributed by atoms with Gasteiger partial charge in [-0.25, -0.2) is 4.79 Å². The van der Waals surface area contributed by atoms with Crippen LogP contribution in [0.3, 0.4) is 0 Å². The van der Waals surface area contributed by atoms with Gasteiger partial charge in [-0.3, -0.25) is 0 Å². The standard InChI is InChI=1S/C11H16O3S2/c1-7(3-4-12)15-6-9-5-10(11(13)14)16-8(9)2/h5,7,12H,3-4,6H2,1-2H3,(H,13,14). The molecule has 90 valence electrons. The zero-order valence-electron chi connectivity index (χ0n) is 9.40. The number of thioether (sulfide) groups is 1. The van der Waals surface area contributed by atoms with Crippen LogP contribution in [0.15, 0.2) is 6.07 Å². The van der Waals surface area contributed by atoms with Crippen LogP contribution in [0.25, 0.3) is 0 Å². The second-order valence-corrected chi connectivity index (χ2v) is 6.31. The second kappa shape index (κ2) is 6.27. The molecule has 0 saturated carbocycles. The van der Waals surface area contributed by atoms with Gasteiger partial charge in [-0.1, -0.05) is 6.92 Å². The van der Waals surface area contributed by atoms with E-state index in [0.717, 1.165) is 22.6 Å². The van der Waals surface area contributed by atoms with Crippen molar-refractivity contribution in [2.75, 3.05) is 6.61 Å².